The normalized spacial score (nSPS) is 10.3. The Morgan fingerprint density at radius 2 is 1.92 bits per heavy atom. The van der Waals surface area contributed by atoms with Crippen molar-refractivity contribution in [1.82, 2.24) is 5.32 Å². The second-order valence-electron chi connectivity index (χ2n) is 3.65. The maximum atomic E-state index is 11.2. The SMILES string of the molecule is C.CC(C)(C)C(=O)NCCCN. The Balaban J connectivity index is 0. The topological polar surface area (TPSA) is 55.1 Å². The third-order valence-electron chi connectivity index (χ3n) is 1.35. The van der Waals surface area contributed by atoms with Crippen LogP contribution in [0, 0.1) is 5.41 Å². The molecule has 0 aliphatic heterocycles. The Morgan fingerprint density at radius 1 is 1.42 bits per heavy atom. The highest BCUT2D eigenvalue weighted by Gasteiger charge is 2.19. The van der Waals surface area contributed by atoms with Crippen molar-refractivity contribution in [2.24, 2.45) is 11.1 Å². The maximum Gasteiger partial charge on any atom is 0.225 e. The summed E-state index contributed by atoms with van der Waals surface area (Å²) in [6, 6.07) is 0. The van der Waals surface area contributed by atoms with Gasteiger partial charge in [0.2, 0.25) is 5.91 Å². The molecule has 0 fully saturated rings. The zero-order valence-electron chi connectivity index (χ0n) is 7.61. The van der Waals surface area contributed by atoms with Crippen LogP contribution in [0.4, 0.5) is 0 Å². The summed E-state index contributed by atoms with van der Waals surface area (Å²) in [5.74, 6) is 0.0888. The van der Waals surface area contributed by atoms with Gasteiger partial charge in [0, 0.05) is 12.0 Å². The summed E-state index contributed by atoms with van der Waals surface area (Å²) in [5.41, 5.74) is 4.99. The molecule has 3 nitrogen and oxygen atoms in total. The number of amides is 1. The van der Waals surface area contributed by atoms with E-state index in [4.69, 9.17) is 5.73 Å². The molecule has 1 amide bonds. The fourth-order valence-electron chi connectivity index (χ4n) is 0.569. The maximum absolute atomic E-state index is 11.2. The Labute approximate surface area is 75.7 Å². The van der Waals surface area contributed by atoms with Gasteiger partial charge in [-0.05, 0) is 13.0 Å². The summed E-state index contributed by atoms with van der Waals surface area (Å²) in [5, 5.41) is 2.80. The van der Waals surface area contributed by atoms with Crippen molar-refractivity contribution >= 4 is 5.91 Å². The van der Waals surface area contributed by atoms with Crippen molar-refractivity contribution in [3.05, 3.63) is 0 Å². The number of hydrogen-bond donors (Lipinski definition) is 2. The van der Waals surface area contributed by atoms with Gasteiger partial charge < -0.3 is 11.1 Å². The summed E-state index contributed by atoms with van der Waals surface area (Å²) in [7, 11) is 0. The predicted molar refractivity (Wildman–Crippen MR) is 52.9 cm³/mol. The van der Waals surface area contributed by atoms with Crippen molar-refractivity contribution in [1.29, 1.82) is 0 Å². The van der Waals surface area contributed by atoms with E-state index < -0.39 is 0 Å². The molecule has 0 aromatic heterocycles. The molecule has 0 aliphatic rings. The van der Waals surface area contributed by atoms with Crippen LogP contribution in [0.25, 0.3) is 0 Å². The van der Waals surface area contributed by atoms with Gasteiger partial charge in [0.15, 0.2) is 0 Å². The van der Waals surface area contributed by atoms with Gasteiger partial charge in [0.25, 0.3) is 0 Å². The molecule has 3 N–H and O–H groups in total. The number of carbonyl (C=O) groups is 1. The molecule has 0 saturated carbocycles. The molecule has 0 aromatic carbocycles. The highest BCUT2D eigenvalue weighted by Crippen LogP contribution is 2.11. The first-order chi connectivity index (χ1) is 4.98. The third-order valence-corrected chi connectivity index (χ3v) is 1.35. The molecule has 74 valence electrons. The fraction of sp³-hybridized carbons (Fsp3) is 0.889. The summed E-state index contributed by atoms with van der Waals surface area (Å²) >= 11 is 0. The third kappa shape index (κ3) is 6.16. The number of nitrogens with one attached hydrogen (secondary N) is 1. The van der Waals surface area contributed by atoms with E-state index in [1.54, 1.807) is 0 Å². The molecule has 0 bridgehead atoms. The van der Waals surface area contributed by atoms with E-state index in [1.165, 1.54) is 0 Å². The van der Waals surface area contributed by atoms with Crippen LogP contribution in [0.5, 0.6) is 0 Å². The largest absolute Gasteiger partial charge is 0.356 e. The monoisotopic (exact) mass is 174 g/mol. The Kier molecular flexibility index (Phi) is 6.99. The first-order valence-corrected chi connectivity index (χ1v) is 3.97. The first-order valence-electron chi connectivity index (χ1n) is 3.97. The minimum Gasteiger partial charge on any atom is -0.356 e. The van der Waals surface area contributed by atoms with Gasteiger partial charge in [-0.25, -0.2) is 0 Å². The van der Waals surface area contributed by atoms with Gasteiger partial charge in [0.1, 0.15) is 0 Å². The van der Waals surface area contributed by atoms with Crippen molar-refractivity contribution < 1.29 is 4.79 Å². The van der Waals surface area contributed by atoms with E-state index in [9.17, 15) is 4.79 Å². The zero-order chi connectivity index (χ0) is 8.91. The van der Waals surface area contributed by atoms with E-state index in [0.717, 1.165) is 6.42 Å². The fourth-order valence-corrected chi connectivity index (χ4v) is 0.569. The van der Waals surface area contributed by atoms with Gasteiger partial charge >= 0.3 is 0 Å². The molecular weight excluding hydrogens is 152 g/mol. The van der Waals surface area contributed by atoms with Crippen LogP contribution in [-0.4, -0.2) is 19.0 Å². The smallest absolute Gasteiger partial charge is 0.225 e. The van der Waals surface area contributed by atoms with Gasteiger partial charge in [-0.3, -0.25) is 4.79 Å². The molecule has 0 heterocycles. The van der Waals surface area contributed by atoms with E-state index >= 15 is 0 Å². The quantitative estimate of drug-likeness (QED) is 0.630. The van der Waals surface area contributed by atoms with Gasteiger partial charge in [-0.1, -0.05) is 28.2 Å². The van der Waals surface area contributed by atoms with Crippen LogP contribution in [0.2, 0.25) is 0 Å². The molecular formula is C9H22N2O. The molecule has 0 aliphatic carbocycles. The average Bonchev–Trinajstić information content (AvgIpc) is 1.86. The molecule has 0 rings (SSSR count). The number of nitrogens with two attached hydrogens (primary N) is 1. The molecule has 12 heavy (non-hydrogen) atoms. The lowest BCUT2D eigenvalue weighted by atomic mass is 9.96. The molecule has 0 saturated heterocycles. The second kappa shape index (κ2) is 6.00. The van der Waals surface area contributed by atoms with E-state index in [0.29, 0.717) is 13.1 Å². The van der Waals surface area contributed by atoms with E-state index in [-0.39, 0.29) is 18.7 Å². The Bertz CT molecular complexity index is 127. The van der Waals surface area contributed by atoms with Crippen molar-refractivity contribution in [2.75, 3.05) is 13.1 Å². The number of rotatable bonds is 3. The van der Waals surface area contributed by atoms with Gasteiger partial charge in [-0.2, -0.15) is 0 Å². The zero-order valence-corrected chi connectivity index (χ0v) is 7.61. The first kappa shape index (κ1) is 14.0. The highest BCUT2D eigenvalue weighted by molar-refractivity contribution is 5.81. The van der Waals surface area contributed by atoms with Gasteiger partial charge in [-0.15, -0.1) is 0 Å². The molecule has 0 unspecified atom stereocenters. The number of carbonyl (C=O) groups excluding carboxylic acids is 1. The van der Waals surface area contributed by atoms with Crippen LogP contribution in [-0.2, 0) is 4.79 Å². The van der Waals surface area contributed by atoms with Crippen LogP contribution < -0.4 is 11.1 Å². The lowest BCUT2D eigenvalue weighted by Crippen LogP contribution is -2.35. The minimum absolute atomic E-state index is 0. The van der Waals surface area contributed by atoms with Crippen LogP contribution in [0.1, 0.15) is 34.6 Å². The van der Waals surface area contributed by atoms with Crippen LogP contribution in [0.3, 0.4) is 0 Å². The highest BCUT2D eigenvalue weighted by atomic mass is 16.2. The standard InChI is InChI=1S/C8H18N2O.CH4/c1-8(2,3)7(11)10-6-4-5-9;/h4-6,9H2,1-3H3,(H,10,11);1H4. The van der Waals surface area contributed by atoms with Crippen molar-refractivity contribution in [3.8, 4) is 0 Å². The summed E-state index contributed by atoms with van der Waals surface area (Å²) in [6.45, 7) is 7.00. The van der Waals surface area contributed by atoms with Crippen molar-refractivity contribution in [3.63, 3.8) is 0 Å². The molecule has 3 heteroatoms. The summed E-state index contributed by atoms with van der Waals surface area (Å²) in [4.78, 5) is 11.2. The predicted octanol–water partition coefficient (Wildman–Crippen LogP) is 1.13. The van der Waals surface area contributed by atoms with Crippen LogP contribution >= 0.6 is 0 Å². The number of hydrogen-bond acceptors (Lipinski definition) is 2. The second-order valence-corrected chi connectivity index (χ2v) is 3.65. The summed E-state index contributed by atoms with van der Waals surface area (Å²) in [6.07, 6.45) is 0.849. The van der Waals surface area contributed by atoms with E-state index in [1.807, 2.05) is 20.8 Å². The van der Waals surface area contributed by atoms with Crippen LogP contribution in [0.15, 0.2) is 0 Å². The molecule has 0 aromatic rings. The Hall–Kier alpha value is -0.570. The summed E-state index contributed by atoms with van der Waals surface area (Å²) < 4.78 is 0. The van der Waals surface area contributed by atoms with Crippen molar-refractivity contribution in [2.45, 2.75) is 34.6 Å². The van der Waals surface area contributed by atoms with E-state index in [2.05, 4.69) is 5.32 Å². The Morgan fingerprint density at radius 3 is 2.25 bits per heavy atom. The lowest BCUT2D eigenvalue weighted by Gasteiger charge is -2.17. The minimum atomic E-state index is -0.283. The molecule has 0 spiro atoms. The van der Waals surface area contributed by atoms with Gasteiger partial charge in [0.05, 0.1) is 0 Å². The molecule has 0 radical (unpaired) electrons. The average molecular weight is 174 g/mol. The lowest BCUT2D eigenvalue weighted by molar-refractivity contribution is -0.128. The molecule has 0 atom stereocenters.